The summed E-state index contributed by atoms with van der Waals surface area (Å²) in [7, 11) is 1.76. The van der Waals surface area contributed by atoms with E-state index in [1.54, 1.807) is 13.2 Å². The standard InChI is InChI=1S/C15H22FNO/c1-11-4-5-13(16)8-12(11)9-14(17)10-15(18-2)6-3-7-15/h4-5,8,14H,3,6-7,9-10,17H2,1-2H3. The van der Waals surface area contributed by atoms with Gasteiger partial charge in [-0.1, -0.05) is 6.07 Å². The third-order valence-corrected chi connectivity index (χ3v) is 4.13. The van der Waals surface area contributed by atoms with Crippen LogP contribution in [0.4, 0.5) is 4.39 Å². The molecule has 0 saturated heterocycles. The van der Waals surface area contributed by atoms with E-state index in [0.29, 0.717) is 6.42 Å². The maximum atomic E-state index is 13.2. The van der Waals surface area contributed by atoms with Crippen molar-refractivity contribution >= 4 is 0 Å². The second kappa shape index (κ2) is 5.37. The monoisotopic (exact) mass is 251 g/mol. The summed E-state index contributed by atoms with van der Waals surface area (Å²) in [6.45, 7) is 2.00. The molecule has 0 spiro atoms. The fourth-order valence-electron chi connectivity index (χ4n) is 2.76. The number of methoxy groups -OCH3 is 1. The fourth-order valence-corrected chi connectivity index (χ4v) is 2.76. The van der Waals surface area contributed by atoms with Gasteiger partial charge in [-0.25, -0.2) is 4.39 Å². The molecule has 3 heteroatoms. The van der Waals surface area contributed by atoms with Crippen LogP contribution < -0.4 is 5.73 Å². The Morgan fingerprint density at radius 2 is 2.17 bits per heavy atom. The fraction of sp³-hybridized carbons (Fsp3) is 0.600. The molecule has 0 aliphatic heterocycles. The molecular formula is C15H22FNO. The van der Waals surface area contributed by atoms with Crippen molar-refractivity contribution in [2.24, 2.45) is 5.73 Å². The van der Waals surface area contributed by atoms with E-state index in [4.69, 9.17) is 10.5 Å². The Hall–Kier alpha value is -0.930. The lowest BCUT2D eigenvalue weighted by molar-refractivity contribution is -0.0813. The van der Waals surface area contributed by atoms with Crippen LogP contribution in [0.5, 0.6) is 0 Å². The molecule has 1 fully saturated rings. The highest BCUT2D eigenvalue weighted by Gasteiger charge is 2.38. The Morgan fingerprint density at radius 3 is 2.72 bits per heavy atom. The van der Waals surface area contributed by atoms with Gasteiger partial charge in [0.2, 0.25) is 0 Å². The van der Waals surface area contributed by atoms with Gasteiger partial charge >= 0.3 is 0 Å². The van der Waals surface area contributed by atoms with Crippen LogP contribution in [0.3, 0.4) is 0 Å². The third-order valence-electron chi connectivity index (χ3n) is 4.13. The van der Waals surface area contributed by atoms with E-state index in [1.165, 1.54) is 12.5 Å². The van der Waals surface area contributed by atoms with Gasteiger partial charge in [0.25, 0.3) is 0 Å². The molecule has 0 radical (unpaired) electrons. The zero-order valence-electron chi connectivity index (χ0n) is 11.2. The summed E-state index contributed by atoms with van der Waals surface area (Å²) >= 11 is 0. The van der Waals surface area contributed by atoms with Gasteiger partial charge in [0.1, 0.15) is 5.82 Å². The maximum Gasteiger partial charge on any atom is 0.123 e. The summed E-state index contributed by atoms with van der Waals surface area (Å²) in [4.78, 5) is 0. The number of nitrogens with two attached hydrogens (primary N) is 1. The lowest BCUT2D eigenvalue weighted by Crippen LogP contribution is -2.45. The van der Waals surface area contributed by atoms with Crippen LogP contribution in [0.25, 0.3) is 0 Å². The minimum absolute atomic E-state index is 0.0132. The number of ether oxygens (including phenoxy) is 1. The van der Waals surface area contributed by atoms with Crippen LogP contribution in [0.1, 0.15) is 36.8 Å². The Kier molecular flexibility index (Phi) is 4.03. The molecule has 1 aromatic carbocycles. The second-order valence-electron chi connectivity index (χ2n) is 5.48. The number of hydrogen-bond donors (Lipinski definition) is 1. The van der Waals surface area contributed by atoms with Crippen molar-refractivity contribution in [3.8, 4) is 0 Å². The molecule has 2 N–H and O–H groups in total. The molecule has 2 rings (SSSR count). The number of benzene rings is 1. The van der Waals surface area contributed by atoms with Crippen LogP contribution in [0.15, 0.2) is 18.2 Å². The minimum Gasteiger partial charge on any atom is -0.378 e. The van der Waals surface area contributed by atoms with Gasteiger partial charge in [0.05, 0.1) is 5.60 Å². The molecule has 1 saturated carbocycles. The topological polar surface area (TPSA) is 35.2 Å². The van der Waals surface area contributed by atoms with Crippen LogP contribution in [0.2, 0.25) is 0 Å². The molecular weight excluding hydrogens is 229 g/mol. The first kappa shape index (κ1) is 13.5. The summed E-state index contributed by atoms with van der Waals surface area (Å²) in [5.41, 5.74) is 8.29. The zero-order chi connectivity index (χ0) is 13.2. The minimum atomic E-state index is -0.187. The molecule has 0 aromatic heterocycles. The molecule has 100 valence electrons. The lowest BCUT2D eigenvalue weighted by atomic mass is 9.75. The van der Waals surface area contributed by atoms with Gasteiger partial charge in [-0.05, 0) is 62.3 Å². The molecule has 0 amide bonds. The number of rotatable bonds is 5. The highest BCUT2D eigenvalue weighted by molar-refractivity contribution is 5.27. The van der Waals surface area contributed by atoms with E-state index in [-0.39, 0.29) is 17.5 Å². The molecule has 0 bridgehead atoms. The average Bonchev–Trinajstić information content (AvgIpc) is 2.28. The number of aryl methyl sites for hydroxylation is 1. The van der Waals surface area contributed by atoms with E-state index in [1.807, 2.05) is 13.0 Å². The molecule has 1 aliphatic rings. The Balaban J connectivity index is 1.98. The number of halogens is 1. The van der Waals surface area contributed by atoms with Crippen molar-refractivity contribution in [3.05, 3.63) is 35.1 Å². The van der Waals surface area contributed by atoms with Gasteiger partial charge in [0, 0.05) is 13.2 Å². The molecule has 1 aliphatic carbocycles. The van der Waals surface area contributed by atoms with Gasteiger partial charge in [0.15, 0.2) is 0 Å². The summed E-state index contributed by atoms with van der Waals surface area (Å²) in [6.07, 6.45) is 4.99. The summed E-state index contributed by atoms with van der Waals surface area (Å²) < 4.78 is 18.8. The smallest absolute Gasteiger partial charge is 0.123 e. The first-order chi connectivity index (χ1) is 8.54. The first-order valence-corrected chi connectivity index (χ1v) is 6.60. The average molecular weight is 251 g/mol. The van der Waals surface area contributed by atoms with E-state index < -0.39 is 0 Å². The van der Waals surface area contributed by atoms with E-state index in [0.717, 1.165) is 30.4 Å². The Bertz CT molecular complexity index is 409. The quantitative estimate of drug-likeness (QED) is 0.873. The van der Waals surface area contributed by atoms with Gasteiger partial charge in [-0.2, -0.15) is 0 Å². The summed E-state index contributed by atoms with van der Waals surface area (Å²) in [5.74, 6) is -0.187. The largest absolute Gasteiger partial charge is 0.378 e. The van der Waals surface area contributed by atoms with E-state index in [2.05, 4.69) is 0 Å². The van der Waals surface area contributed by atoms with Gasteiger partial charge in [-0.3, -0.25) is 0 Å². The molecule has 1 unspecified atom stereocenters. The van der Waals surface area contributed by atoms with Crippen LogP contribution in [-0.4, -0.2) is 18.8 Å². The Labute approximate surface area is 108 Å². The van der Waals surface area contributed by atoms with Crippen molar-refractivity contribution in [2.75, 3.05) is 7.11 Å². The molecule has 1 atom stereocenters. The van der Waals surface area contributed by atoms with Crippen molar-refractivity contribution in [3.63, 3.8) is 0 Å². The SMILES string of the molecule is COC1(CC(N)Cc2cc(F)ccc2C)CCC1. The normalized spacial score (nSPS) is 19.3. The van der Waals surface area contributed by atoms with E-state index >= 15 is 0 Å². The van der Waals surface area contributed by atoms with Crippen LogP contribution in [0, 0.1) is 12.7 Å². The maximum absolute atomic E-state index is 13.2. The van der Waals surface area contributed by atoms with Crippen molar-refractivity contribution in [2.45, 2.75) is 50.7 Å². The predicted octanol–water partition coefficient (Wildman–Crippen LogP) is 2.96. The highest BCUT2D eigenvalue weighted by atomic mass is 19.1. The lowest BCUT2D eigenvalue weighted by Gasteiger charge is -2.42. The van der Waals surface area contributed by atoms with Crippen LogP contribution in [-0.2, 0) is 11.2 Å². The molecule has 0 heterocycles. The summed E-state index contributed by atoms with van der Waals surface area (Å²) in [5, 5.41) is 0. The van der Waals surface area contributed by atoms with Crippen molar-refractivity contribution in [1.29, 1.82) is 0 Å². The zero-order valence-corrected chi connectivity index (χ0v) is 11.2. The van der Waals surface area contributed by atoms with Crippen molar-refractivity contribution in [1.82, 2.24) is 0 Å². The third kappa shape index (κ3) is 2.90. The van der Waals surface area contributed by atoms with Crippen LogP contribution >= 0.6 is 0 Å². The highest BCUT2D eigenvalue weighted by Crippen LogP contribution is 2.39. The first-order valence-electron chi connectivity index (χ1n) is 6.60. The van der Waals surface area contributed by atoms with Gasteiger partial charge in [-0.15, -0.1) is 0 Å². The van der Waals surface area contributed by atoms with Gasteiger partial charge < -0.3 is 10.5 Å². The predicted molar refractivity (Wildman–Crippen MR) is 71.0 cm³/mol. The Morgan fingerprint density at radius 1 is 1.44 bits per heavy atom. The van der Waals surface area contributed by atoms with Crippen molar-refractivity contribution < 1.29 is 9.13 Å². The molecule has 1 aromatic rings. The number of hydrogen-bond acceptors (Lipinski definition) is 2. The summed E-state index contributed by atoms with van der Waals surface area (Å²) in [6, 6.07) is 4.93. The van der Waals surface area contributed by atoms with E-state index in [9.17, 15) is 4.39 Å². The second-order valence-corrected chi connectivity index (χ2v) is 5.48. The molecule has 18 heavy (non-hydrogen) atoms. The molecule has 2 nitrogen and oxygen atoms in total.